The molecule has 4 aliphatic rings. The summed E-state index contributed by atoms with van der Waals surface area (Å²) >= 11 is 0. The first-order valence-electron chi connectivity index (χ1n) is 18.8. The van der Waals surface area contributed by atoms with Gasteiger partial charge in [0.2, 0.25) is 6.71 Å². The predicted octanol–water partition coefficient (Wildman–Crippen LogP) is 9.56. The minimum atomic E-state index is -1.33. The second kappa shape index (κ2) is 10.6. The summed E-state index contributed by atoms with van der Waals surface area (Å²) in [6.45, 7) is 0.0286. The Morgan fingerprint density at radius 1 is 0.509 bits per heavy atom. The molecule has 0 amide bonds. The summed E-state index contributed by atoms with van der Waals surface area (Å²) in [5.41, 5.74) is 17.1. The third-order valence-electron chi connectivity index (χ3n) is 12.8. The molecule has 2 unspecified atom stereocenters. The van der Waals surface area contributed by atoms with Gasteiger partial charge in [0.05, 0.1) is 27.2 Å². The first-order chi connectivity index (χ1) is 27.2. The lowest BCUT2D eigenvalue weighted by atomic mass is 9.36. The molecule has 0 N–H and O–H groups in total. The fourth-order valence-electron chi connectivity index (χ4n) is 10.8. The Bertz CT molecular complexity index is 3160. The highest BCUT2D eigenvalue weighted by Gasteiger charge is 2.52. The van der Waals surface area contributed by atoms with E-state index in [4.69, 9.17) is 5.87 Å². The van der Waals surface area contributed by atoms with Crippen LogP contribution in [0.1, 0.15) is 22.3 Å². The molecule has 1 spiro atoms. The molecule has 3 heterocycles. The van der Waals surface area contributed by atoms with Crippen LogP contribution < -0.4 is 16.4 Å². The number of para-hydroxylation sites is 1. The van der Waals surface area contributed by atoms with Crippen molar-refractivity contribution in [2.24, 2.45) is 0 Å². The minimum absolute atomic E-state index is 0.0286. The molecular weight excluding hydrogens is 706 g/mol. The van der Waals surface area contributed by atoms with E-state index in [0.29, 0.717) is 0 Å². The number of fused-ring (bicyclic) bond motifs is 18. The van der Waals surface area contributed by atoms with Crippen LogP contribution in [-0.2, 0) is 16.2 Å². The quantitative estimate of drug-likeness (QED) is 0.122. The molecule has 2 nitrogen and oxygen atoms in total. The standard InChI is InChI=1S/C50H30BNOS2/c1-54-43-24-12-9-21-39(43)51-40-22-10-13-25-44(40)55(53)46-29-30(28-45(54)49(46)51)52-41-23-11-5-17-34(41)48-42(52)27-26-38-47(48)33-16-4-8-20-37(33)50(38)35-18-6-2-14-31(35)32-15-3-7-19-36(32)50/h2-29H,1H2. The first-order valence-corrected chi connectivity index (χ1v) is 21.4. The second-order valence-electron chi connectivity index (χ2n) is 15.1. The van der Waals surface area contributed by atoms with E-state index in [9.17, 15) is 4.21 Å². The zero-order chi connectivity index (χ0) is 36.2. The normalized spacial score (nSPS) is 17.3. The van der Waals surface area contributed by atoms with Crippen LogP contribution in [0.15, 0.2) is 189 Å². The molecule has 5 heteroatoms. The van der Waals surface area contributed by atoms with Gasteiger partial charge in [-0.05, 0) is 86.4 Å². The molecule has 0 saturated carbocycles. The Kier molecular flexibility index (Phi) is 5.85. The van der Waals surface area contributed by atoms with Crippen molar-refractivity contribution >= 4 is 72.1 Å². The van der Waals surface area contributed by atoms with E-state index >= 15 is 0 Å². The lowest BCUT2D eigenvalue weighted by Crippen LogP contribution is -2.59. The number of rotatable bonds is 1. The van der Waals surface area contributed by atoms with Gasteiger partial charge < -0.3 is 4.57 Å². The average molecular weight is 736 g/mol. The maximum Gasteiger partial charge on any atom is 0.247 e. The van der Waals surface area contributed by atoms with E-state index < -0.39 is 26.7 Å². The third-order valence-corrected chi connectivity index (χ3v) is 16.1. The molecule has 2 atom stereocenters. The maximum absolute atomic E-state index is 14.7. The third kappa shape index (κ3) is 3.56. The Balaban J connectivity index is 1.14. The van der Waals surface area contributed by atoms with E-state index in [2.05, 4.69) is 168 Å². The largest absolute Gasteiger partial charge is 0.309 e. The van der Waals surface area contributed by atoms with Gasteiger partial charge in [-0.1, -0.05) is 150 Å². The zero-order valence-electron chi connectivity index (χ0n) is 29.6. The SMILES string of the molecule is C=S1c2ccccc2B2c3ccccc3S(=O)c3cc(-n4c5ccccc5c5c6c(ccc54)C4(c5ccccc5-c5ccccc54)c4ccccc4-6)cc1c32. The van der Waals surface area contributed by atoms with Crippen LogP contribution in [0.3, 0.4) is 0 Å². The average Bonchev–Trinajstić information content (AvgIpc) is 3.85. The molecule has 0 saturated heterocycles. The molecule has 1 aromatic heterocycles. The lowest BCUT2D eigenvalue weighted by Gasteiger charge is -2.35. The Morgan fingerprint density at radius 3 is 1.82 bits per heavy atom. The summed E-state index contributed by atoms with van der Waals surface area (Å²) in [4.78, 5) is 4.27. The molecule has 0 bridgehead atoms. The van der Waals surface area contributed by atoms with Crippen LogP contribution in [0.4, 0.5) is 0 Å². The van der Waals surface area contributed by atoms with E-state index in [1.54, 1.807) is 0 Å². The van der Waals surface area contributed by atoms with Gasteiger partial charge in [0.15, 0.2) is 0 Å². The second-order valence-corrected chi connectivity index (χ2v) is 18.2. The van der Waals surface area contributed by atoms with Crippen LogP contribution >= 0.6 is 10.5 Å². The Labute approximate surface area is 324 Å². The monoisotopic (exact) mass is 735 g/mol. The lowest BCUT2D eigenvalue weighted by molar-refractivity contribution is 0.683. The van der Waals surface area contributed by atoms with Crippen molar-refractivity contribution in [3.8, 4) is 27.9 Å². The summed E-state index contributed by atoms with van der Waals surface area (Å²) < 4.78 is 17.2. The van der Waals surface area contributed by atoms with Crippen LogP contribution in [0.2, 0.25) is 0 Å². The van der Waals surface area contributed by atoms with Gasteiger partial charge in [0.25, 0.3) is 0 Å². The van der Waals surface area contributed by atoms with Gasteiger partial charge in [0.1, 0.15) is 0 Å². The van der Waals surface area contributed by atoms with Crippen molar-refractivity contribution in [1.29, 1.82) is 0 Å². The highest BCUT2D eigenvalue weighted by Crippen LogP contribution is 2.64. The Hall–Kier alpha value is -6.01. The van der Waals surface area contributed by atoms with Crippen molar-refractivity contribution < 1.29 is 4.21 Å². The number of hydrogen-bond acceptors (Lipinski definition) is 1. The van der Waals surface area contributed by atoms with E-state index in [-0.39, 0.29) is 6.71 Å². The van der Waals surface area contributed by atoms with Crippen molar-refractivity contribution in [3.05, 3.63) is 192 Å². The number of hydrogen-bond donors (Lipinski definition) is 0. The van der Waals surface area contributed by atoms with Crippen LogP contribution in [0.25, 0.3) is 49.7 Å². The first kappa shape index (κ1) is 30.3. The fraction of sp³-hybridized carbons (Fsp3) is 0.0200. The molecular formula is C50H30BNOS2. The van der Waals surface area contributed by atoms with Gasteiger partial charge in [-0.15, -0.1) is 10.5 Å². The van der Waals surface area contributed by atoms with Gasteiger partial charge in [-0.2, -0.15) is 0 Å². The van der Waals surface area contributed by atoms with E-state index in [0.717, 1.165) is 32.0 Å². The summed E-state index contributed by atoms with van der Waals surface area (Å²) in [6.07, 6.45) is 0. The number of benzene rings is 8. The summed E-state index contributed by atoms with van der Waals surface area (Å²) in [7, 11) is -1.78. The Morgan fingerprint density at radius 2 is 1.07 bits per heavy atom. The minimum Gasteiger partial charge on any atom is -0.309 e. The van der Waals surface area contributed by atoms with Gasteiger partial charge in [-0.25, -0.2) is 4.21 Å². The van der Waals surface area contributed by atoms with Crippen LogP contribution in [-0.4, -0.2) is 21.4 Å². The summed E-state index contributed by atoms with van der Waals surface area (Å²) in [6, 6.07) is 62.3. The van der Waals surface area contributed by atoms with Crippen LogP contribution in [0, 0.1) is 0 Å². The van der Waals surface area contributed by atoms with Gasteiger partial charge in [0, 0.05) is 36.0 Å². The molecule has 0 fully saturated rings. The molecule has 55 heavy (non-hydrogen) atoms. The topological polar surface area (TPSA) is 22.0 Å². The summed E-state index contributed by atoms with van der Waals surface area (Å²) in [5, 5.41) is 2.48. The zero-order valence-corrected chi connectivity index (χ0v) is 31.3. The van der Waals surface area contributed by atoms with Crippen LogP contribution in [0.5, 0.6) is 0 Å². The number of nitrogens with zero attached hydrogens (tertiary/aromatic N) is 1. The van der Waals surface area contributed by atoms with E-state index in [1.165, 1.54) is 76.0 Å². The van der Waals surface area contributed by atoms with Crippen molar-refractivity contribution in [2.45, 2.75) is 25.0 Å². The van der Waals surface area contributed by atoms with Crippen molar-refractivity contribution in [1.82, 2.24) is 4.57 Å². The van der Waals surface area contributed by atoms with Crippen molar-refractivity contribution in [2.75, 3.05) is 0 Å². The highest BCUT2D eigenvalue weighted by molar-refractivity contribution is 8.14. The summed E-state index contributed by atoms with van der Waals surface area (Å²) in [5.74, 6) is 4.81. The predicted molar refractivity (Wildman–Crippen MR) is 231 cm³/mol. The molecule has 2 aliphatic heterocycles. The van der Waals surface area contributed by atoms with Crippen molar-refractivity contribution in [3.63, 3.8) is 0 Å². The molecule has 8 aromatic carbocycles. The smallest absolute Gasteiger partial charge is 0.247 e. The highest BCUT2D eigenvalue weighted by atomic mass is 32.2. The van der Waals surface area contributed by atoms with E-state index in [1.807, 2.05) is 6.07 Å². The molecule has 13 rings (SSSR count). The van der Waals surface area contributed by atoms with Gasteiger partial charge >= 0.3 is 0 Å². The molecule has 256 valence electrons. The molecule has 9 aromatic rings. The van der Waals surface area contributed by atoms with Gasteiger partial charge in [-0.3, -0.25) is 0 Å². The molecule has 2 aliphatic carbocycles. The molecule has 0 radical (unpaired) electrons. The number of aromatic nitrogens is 1. The maximum atomic E-state index is 14.7. The fourth-order valence-corrected chi connectivity index (χ4v) is 14.1.